The fourth-order valence-corrected chi connectivity index (χ4v) is 3.20. The van der Waals surface area contributed by atoms with Crippen LogP contribution in [0.25, 0.3) is 11.3 Å². The molecule has 186 valence electrons. The highest BCUT2D eigenvalue weighted by atomic mass is 16.5. The maximum Gasteiger partial charge on any atom is 0.407 e. The van der Waals surface area contributed by atoms with Crippen molar-refractivity contribution in [3.8, 4) is 17.1 Å². The number of ether oxygens (including phenoxy) is 2. The molecule has 0 bridgehead atoms. The van der Waals surface area contributed by atoms with E-state index in [2.05, 4.69) is 20.9 Å². The summed E-state index contributed by atoms with van der Waals surface area (Å²) < 4.78 is 15.9. The van der Waals surface area contributed by atoms with Crippen LogP contribution in [0, 0.1) is 0 Å². The predicted molar refractivity (Wildman–Crippen MR) is 132 cm³/mol. The molecule has 0 aliphatic carbocycles. The normalized spacial score (nSPS) is 11.6. The summed E-state index contributed by atoms with van der Waals surface area (Å²) in [7, 11) is 5.28. The Morgan fingerprint density at radius 1 is 1.14 bits per heavy atom. The zero-order chi connectivity index (χ0) is 25.2. The minimum atomic E-state index is -0.538. The Kier molecular flexibility index (Phi) is 9.04. The van der Waals surface area contributed by atoms with Crippen molar-refractivity contribution in [2.45, 2.75) is 12.6 Å². The number of hydrogen-bond donors (Lipinski definition) is 4. The van der Waals surface area contributed by atoms with Crippen LogP contribution < -0.4 is 26.4 Å². The number of urea groups is 1. The van der Waals surface area contributed by atoms with Crippen LogP contribution in [-0.4, -0.2) is 62.4 Å². The molecule has 11 heteroatoms. The number of carbonyl (C=O) groups is 2. The van der Waals surface area contributed by atoms with E-state index < -0.39 is 12.1 Å². The number of methoxy groups -OCH3 is 1. The molecule has 1 aromatic heterocycles. The molecule has 3 rings (SSSR count). The zero-order valence-electron chi connectivity index (χ0n) is 19.9. The van der Waals surface area contributed by atoms with Gasteiger partial charge in [0.15, 0.2) is 12.2 Å². The summed E-state index contributed by atoms with van der Waals surface area (Å²) in [4.78, 5) is 30.3. The van der Waals surface area contributed by atoms with E-state index in [9.17, 15) is 9.59 Å². The van der Waals surface area contributed by atoms with Gasteiger partial charge in [0.05, 0.1) is 24.9 Å². The smallest absolute Gasteiger partial charge is 0.407 e. The Morgan fingerprint density at radius 2 is 1.91 bits per heavy atom. The number of oxazole rings is 1. The SMILES string of the molecule is COc1cc(NC(=O)Nc2cccc(CNC(=O)OC[C@H](CN)N(C)C)c2)ccc1-c1cnco1. The van der Waals surface area contributed by atoms with Crippen LogP contribution in [0.2, 0.25) is 0 Å². The first-order chi connectivity index (χ1) is 16.9. The Bertz CT molecular complexity index is 1120. The van der Waals surface area contributed by atoms with E-state index in [0.29, 0.717) is 29.4 Å². The number of nitrogens with zero attached hydrogens (tertiary/aromatic N) is 2. The maximum atomic E-state index is 12.5. The largest absolute Gasteiger partial charge is 0.496 e. The number of hydrogen-bond acceptors (Lipinski definition) is 8. The van der Waals surface area contributed by atoms with Crippen molar-refractivity contribution in [3.05, 3.63) is 60.6 Å². The highest BCUT2D eigenvalue weighted by Gasteiger charge is 2.13. The second kappa shape index (κ2) is 12.4. The van der Waals surface area contributed by atoms with Crippen LogP contribution in [0.5, 0.6) is 5.75 Å². The molecular weight excluding hydrogens is 452 g/mol. The molecule has 0 spiro atoms. The van der Waals surface area contributed by atoms with Gasteiger partial charge in [-0.05, 0) is 43.9 Å². The van der Waals surface area contributed by atoms with Crippen LogP contribution >= 0.6 is 0 Å². The van der Waals surface area contributed by atoms with Gasteiger partial charge in [-0.25, -0.2) is 14.6 Å². The van der Waals surface area contributed by atoms with Crippen molar-refractivity contribution in [3.63, 3.8) is 0 Å². The van der Waals surface area contributed by atoms with Crippen LogP contribution in [0.15, 0.2) is 59.5 Å². The first-order valence-corrected chi connectivity index (χ1v) is 10.9. The van der Waals surface area contributed by atoms with Gasteiger partial charge in [-0.2, -0.15) is 0 Å². The highest BCUT2D eigenvalue weighted by Crippen LogP contribution is 2.32. The molecule has 0 saturated carbocycles. The van der Waals surface area contributed by atoms with E-state index in [1.165, 1.54) is 13.5 Å². The molecule has 35 heavy (non-hydrogen) atoms. The number of benzene rings is 2. The molecule has 0 saturated heterocycles. The Labute approximate surface area is 203 Å². The summed E-state index contributed by atoms with van der Waals surface area (Å²) in [5.41, 5.74) is 8.28. The Hall–Kier alpha value is -4.09. The van der Waals surface area contributed by atoms with Crippen molar-refractivity contribution in [1.29, 1.82) is 0 Å². The summed E-state index contributed by atoms with van der Waals surface area (Å²) in [6.07, 6.45) is 2.38. The summed E-state index contributed by atoms with van der Waals surface area (Å²) in [6.45, 7) is 0.821. The van der Waals surface area contributed by atoms with E-state index in [1.54, 1.807) is 42.6 Å². The topological polar surface area (TPSA) is 144 Å². The quantitative estimate of drug-likeness (QED) is 0.345. The molecule has 2 aromatic carbocycles. The Morgan fingerprint density at radius 3 is 2.57 bits per heavy atom. The van der Waals surface area contributed by atoms with E-state index in [-0.39, 0.29) is 19.2 Å². The van der Waals surface area contributed by atoms with Crippen molar-refractivity contribution >= 4 is 23.5 Å². The lowest BCUT2D eigenvalue weighted by molar-refractivity contribution is 0.112. The minimum absolute atomic E-state index is 0.0508. The molecule has 5 N–H and O–H groups in total. The van der Waals surface area contributed by atoms with E-state index in [4.69, 9.17) is 19.6 Å². The zero-order valence-corrected chi connectivity index (χ0v) is 19.9. The number of carbonyl (C=O) groups excluding carboxylic acids is 2. The van der Waals surface area contributed by atoms with Crippen molar-refractivity contribution in [2.75, 3.05) is 45.0 Å². The standard InChI is InChI=1S/C24H30N6O5/c1-30(2)19(11-25)14-34-24(32)27-12-16-5-4-6-17(9-16)28-23(31)29-18-7-8-20(21(10-18)33-3)22-13-26-15-35-22/h4-10,13,15,19H,11-12,14,25H2,1-3H3,(H,27,32)(H2,28,29,31)/t19-/m0/s1. The number of nitrogens with two attached hydrogens (primary N) is 1. The van der Waals surface area contributed by atoms with Gasteiger partial charge in [0.1, 0.15) is 12.4 Å². The third kappa shape index (κ3) is 7.45. The first-order valence-electron chi connectivity index (χ1n) is 10.9. The third-order valence-corrected chi connectivity index (χ3v) is 5.19. The van der Waals surface area contributed by atoms with Gasteiger partial charge in [0.25, 0.3) is 0 Å². The highest BCUT2D eigenvalue weighted by molar-refractivity contribution is 6.00. The number of rotatable bonds is 10. The molecule has 0 aliphatic heterocycles. The second-order valence-electron chi connectivity index (χ2n) is 7.87. The summed E-state index contributed by atoms with van der Waals surface area (Å²) in [5, 5.41) is 8.24. The van der Waals surface area contributed by atoms with Crippen LogP contribution in [-0.2, 0) is 11.3 Å². The van der Waals surface area contributed by atoms with Crippen molar-refractivity contribution in [2.24, 2.45) is 5.73 Å². The van der Waals surface area contributed by atoms with Gasteiger partial charge in [-0.15, -0.1) is 0 Å². The number of anilines is 2. The monoisotopic (exact) mass is 482 g/mol. The lowest BCUT2D eigenvalue weighted by Crippen LogP contribution is -2.40. The second-order valence-corrected chi connectivity index (χ2v) is 7.87. The molecular formula is C24H30N6O5. The molecule has 1 atom stereocenters. The van der Waals surface area contributed by atoms with Gasteiger partial charge in [0.2, 0.25) is 0 Å². The van der Waals surface area contributed by atoms with Gasteiger partial charge in [-0.1, -0.05) is 12.1 Å². The van der Waals surface area contributed by atoms with E-state index in [1.807, 2.05) is 25.1 Å². The minimum Gasteiger partial charge on any atom is -0.496 e. The average molecular weight is 483 g/mol. The fourth-order valence-electron chi connectivity index (χ4n) is 3.20. The molecule has 0 radical (unpaired) electrons. The number of aromatic nitrogens is 1. The van der Waals surface area contributed by atoms with Crippen molar-refractivity contribution in [1.82, 2.24) is 15.2 Å². The average Bonchev–Trinajstić information content (AvgIpc) is 3.38. The van der Waals surface area contributed by atoms with E-state index >= 15 is 0 Å². The lowest BCUT2D eigenvalue weighted by Gasteiger charge is -2.22. The molecule has 0 aliphatic rings. The molecule has 11 nitrogen and oxygen atoms in total. The fraction of sp³-hybridized carbons (Fsp3) is 0.292. The van der Waals surface area contributed by atoms with E-state index in [0.717, 1.165) is 11.1 Å². The number of likely N-dealkylation sites (N-methyl/N-ethyl adjacent to an activating group) is 1. The number of alkyl carbamates (subject to hydrolysis) is 1. The maximum absolute atomic E-state index is 12.5. The van der Waals surface area contributed by atoms with Crippen LogP contribution in [0.4, 0.5) is 21.0 Å². The summed E-state index contributed by atoms with van der Waals surface area (Å²) in [5.74, 6) is 1.09. The molecule has 1 heterocycles. The molecule has 0 unspecified atom stereocenters. The summed E-state index contributed by atoms with van der Waals surface area (Å²) >= 11 is 0. The van der Waals surface area contributed by atoms with Gasteiger partial charge in [-0.3, -0.25) is 0 Å². The molecule has 3 aromatic rings. The van der Waals surface area contributed by atoms with Gasteiger partial charge in [0, 0.05) is 30.5 Å². The number of nitrogens with one attached hydrogen (secondary N) is 3. The van der Waals surface area contributed by atoms with Crippen LogP contribution in [0.3, 0.4) is 0 Å². The third-order valence-electron chi connectivity index (χ3n) is 5.19. The van der Waals surface area contributed by atoms with Crippen molar-refractivity contribution < 1.29 is 23.5 Å². The summed E-state index contributed by atoms with van der Waals surface area (Å²) in [6, 6.07) is 11.8. The lowest BCUT2D eigenvalue weighted by atomic mass is 10.1. The predicted octanol–water partition coefficient (Wildman–Crippen LogP) is 3.11. The van der Waals surface area contributed by atoms with Gasteiger partial charge >= 0.3 is 12.1 Å². The Balaban J connectivity index is 1.53. The first kappa shape index (κ1) is 25.5. The van der Waals surface area contributed by atoms with Crippen LogP contribution in [0.1, 0.15) is 5.56 Å². The van der Waals surface area contributed by atoms with Gasteiger partial charge < -0.3 is 40.5 Å². The molecule has 3 amide bonds. The number of amides is 3. The molecule has 0 fully saturated rings.